The average molecular weight is 541 g/mol. The lowest BCUT2D eigenvalue weighted by Gasteiger charge is -2.43. The lowest BCUT2D eigenvalue weighted by atomic mass is 9.74. The van der Waals surface area contributed by atoms with E-state index in [9.17, 15) is 14.4 Å². The fourth-order valence-electron chi connectivity index (χ4n) is 4.00. The van der Waals surface area contributed by atoms with Gasteiger partial charge in [0.1, 0.15) is 12.3 Å². The zero-order valence-corrected chi connectivity index (χ0v) is 22.8. The summed E-state index contributed by atoms with van der Waals surface area (Å²) in [7, 11) is 5.34. The van der Waals surface area contributed by atoms with Crippen LogP contribution in [0.2, 0.25) is 5.02 Å². The topological polar surface area (TPSA) is 91.0 Å². The molecule has 0 radical (unpaired) electrons. The van der Waals surface area contributed by atoms with Crippen LogP contribution in [0.15, 0.2) is 48.8 Å². The number of aldehydes is 1. The standard InChI is InChI=1S/C21H24ClN2O3.C4H9NO2.CH3Cl/c1-23(15-27-16-24-12-9-17(14-25)10-13-24)21(11-5-4-8-20(21)26)18-6-2-3-7-19(18)22;1-5(2)3-4(6)7;1-2/h2-3,6-7,9-10,12-14H,4-5,8,11,15-16H2,1H3;3H2,1-2H3,(H,6,7);1H3/q+1;;. The van der Waals surface area contributed by atoms with Gasteiger partial charge in [-0.05, 0) is 45.6 Å². The Morgan fingerprint density at radius 1 is 1.14 bits per heavy atom. The average Bonchev–Trinajstić information content (AvgIpc) is 2.86. The van der Waals surface area contributed by atoms with Gasteiger partial charge >= 0.3 is 5.97 Å². The molecule has 8 nitrogen and oxygen atoms in total. The lowest BCUT2D eigenvalue weighted by molar-refractivity contribution is -0.733. The molecule has 1 aliphatic rings. The van der Waals surface area contributed by atoms with Crippen molar-refractivity contribution in [1.29, 1.82) is 0 Å². The number of ketones is 1. The number of pyridine rings is 1. The summed E-state index contributed by atoms with van der Waals surface area (Å²) in [5.74, 6) is -0.596. The molecule has 0 saturated heterocycles. The maximum atomic E-state index is 13.0. The van der Waals surface area contributed by atoms with E-state index >= 15 is 0 Å². The van der Waals surface area contributed by atoms with Gasteiger partial charge in [-0.3, -0.25) is 24.2 Å². The fraction of sp³-hybridized carbons (Fsp3) is 0.462. The SMILES string of the molecule is CCl.CN(C)CC(=O)O.CN(COC[n+]1ccc(C=O)cc1)C1(c2ccccc2Cl)CCCCC1=O. The van der Waals surface area contributed by atoms with Crippen LogP contribution in [0.4, 0.5) is 0 Å². The Bertz CT molecular complexity index is 972. The Morgan fingerprint density at radius 2 is 1.78 bits per heavy atom. The van der Waals surface area contributed by atoms with Gasteiger partial charge < -0.3 is 9.84 Å². The lowest BCUT2D eigenvalue weighted by Crippen LogP contribution is -2.53. The van der Waals surface area contributed by atoms with E-state index < -0.39 is 11.5 Å². The molecule has 0 bridgehead atoms. The molecule has 1 unspecified atom stereocenters. The van der Waals surface area contributed by atoms with E-state index in [2.05, 4.69) is 11.6 Å². The Labute approximate surface area is 223 Å². The Kier molecular flexibility index (Phi) is 14.4. The fourth-order valence-corrected chi connectivity index (χ4v) is 4.29. The van der Waals surface area contributed by atoms with Crippen molar-refractivity contribution >= 4 is 41.2 Å². The number of ether oxygens (including phenoxy) is 1. The van der Waals surface area contributed by atoms with Gasteiger partial charge in [-0.1, -0.05) is 36.2 Å². The van der Waals surface area contributed by atoms with Gasteiger partial charge in [-0.25, -0.2) is 0 Å². The molecular formula is C26H36Cl2N3O5+. The van der Waals surface area contributed by atoms with Crippen molar-refractivity contribution in [1.82, 2.24) is 9.80 Å². The maximum Gasteiger partial charge on any atom is 0.317 e. The van der Waals surface area contributed by atoms with E-state index in [1.165, 1.54) is 6.38 Å². The molecule has 0 aliphatic heterocycles. The highest BCUT2D eigenvalue weighted by Gasteiger charge is 2.46. The van der Waals surface area contributed by atoms with Crippen molar-refractivity contribution in [2.45, 2.75) is 38.0 Å². The zero-order valence-electron chi connectivity index (χ0n) is 21.3. The van der Waals surface area contributed by atoms with Crippen molar-refractivity contribution in [3.05, 3.63) is 64.9 Å². The molecule has 10 heteroatoms. The number of hydrogen-bond acceptors (Lipinski definition) is 6. The maximum absolute atomic E-state index is 13.0. The molecule has 1 atom stereocenters. The van der Waals surface area contributed by atoms with Crippen LogP contribution in [-0.4, -0.2) is 73.7 Å². The molecule has 1 aliphatic carbocycles. The predicted molar refractivity (Wildman–Crippen MR) is 140 cm³/mol. The molecule has 0 spiro atoms. The zero-order chi connectivity index (χ0) is 27.1. The molecule has 198 valence electrons. The summed E-state index contributed by atoms with van der Waals surface area (Å²) < 4.78 is 7.69. The third kappa shape index (κ3) is 9.26. The number of carbonyl (C=O) groups excluding carboxylic acids is 2. The highest BCUT2D eigenvalue weighted by Crippen LogP contribution is 2.42. The molecule has 2 aromatic rings. The number of nitrogens with zero attached hydrogens (tertiary/aromatic N) is 3. The van der Waals surface area contributed by atoms with Gasteiger partial charge in [0.05, 0.1) is 6.54 Å². The quantitative estimate of drug-likeness (QED) is 0.223. The Morgan fingerprint density at radius 3 is 2.28 bits per heavy atom. The molecular weight excluding hydrogens is 505 g/mol. The van der Waals surface area contributed by atoms with Gasteiger partial charge in [0.2, 0.25) is 0 Å². The third-order valence-corrected chi connectivity index (χ3v) is 5.98. The van der Waals surface area contributed by atoms with E-state index in [-0.39, 0.29) is 12.3 Å². The van der Waals surface area contributed by atoms with Crippen LogP contribution in [0.5, 0.6) is 0 Å². The number of aliphatic carboxylic acids is 1. The number of carboxylic acid groups (broad SMARTS) is 1. The highest BCUT2D eigenvalue weighted by molar-refractivity contribution is 6.31. The molecule has 1 N–H and O–H groups in total. The second-order valence-electron chi connectivity index (χ2n) is 8.53. The number of carbonyl (C=O) groups is 3. The van der Waals surface area contributed by atoms with Crippen molar-refractivity contribution < 1.29 is 28.8 Å². The van der Waals surface area contributed by atoms with Crippen molar-refractivity contribution in [3.63, 3.8) is 0 Å². The minimum atomic E-state index is -0.787. The van der Waals surface area contributed by atoms with Gasteiger partial charge in [-0.15, -0.1) is 11.6 Å². The molecule has 1 fully saturated rings. The number of rotatable bonds is 9. The summed E-state index contributed by atoms with van der Waals surface area (Å²) in [4.78, 5) is 37.1. The number of benzene rings is 1. The number of alkyl halides is 1. The van der Waals surface area contributed by atoms with Crippen LogP contribution in [-0.2, 0) is 26.6 Å². The number of hydrogen-bond donors (Lipinski definition) is 1. The molecule has 36 heavy (non-hydrogen) atoms. The number of carboxylic acids is 1. The predicted octanol–water partition coefficient (Wildman–Crippen LogP) is 3.83. The first-order valence-corrected chi connectivity index (χ1v) is 12.6. The van der Waals surface area contributed by atoms with Crippen LogP contribution < -0.4 is 4.57 Å². The summed E-state index contributed by atoms with van der Waals surface area (Å²) in [6.45, 7) is 0.732. The first kappa shape index (κ1) is 31.7. The van der Waals surface area contributed by atoms with Gasteiger partial charge in [-0.2, -0.15) is 4.57 Å². The van der Waals surface area contributed by atoms with Crippen LogP contribution in [0.25, 0.3) is 0 Å². The second kappa shape index (κ2) is 16.4. The monoisotopic (exact) mass is 540 g/mol. The summed E-state index contributed by atoms with van der Waals surface area (Å²) in [5, 5.41) is 8.65. The summed E-state index contributed by atoms with van der Waals surface area (Å²) >= 11 is 11.1. The van der Waals surface area contributed by atoms with E-state index in [0.29, 0.717) is 30.5 Å². The largest absolute Gasteiger partial charge is 0.480 e. The first-order chi connectivity index (χ1) is 17.2. The normalized spacial score (nSPS) is 17.1. The summed E-state index contributed by atoms with van der Waals surface area (Å²) in [6.07, 6.45) is 9.04. The van der Waals surface area contributed by atoms with E-state index in [0.717, 1.165) is 31.1 Å². The third-order valence-electron chi connectivity index (χ3n) is 5.65. The number of Topliss-reactive ketones (excluding diaryl/α,β-unsaturated/α-hetero) is 1. The van der Waals surface area contributed by atoms with Crippen LogP contribution in [0.3, 0.4) is 0 Å². The number of likely N-dealkylation sites (N-methyl/N-ethyl adjacent to an activating group) is 2. The highest BCUT2D eigenvalue weighted by atomic mass is 35.5. The number of halogens is 2. The van der Waals surface area contributed by atoms with Crippen molar-refractivity contribution in [3.8, 4) is 0 Å². The smallest absolute Gasteiger partial charge is 0.317 e. The summed E-state index contributed by atoms with van der Waals surface area (Å²) in [6, 6.07) is 11.0. The van der Waals surface area contributed by atoms with Gasteiger partial charge in [0.15, 0.2) is 24.5 Å². The van der Waals surface area contributed by atoms with E-state index in [4.69, 9.17) is 21.4 Å². The van der Waals surface area contributed by atoms with Crippen LogP contribution in [0.1, 0.15) is 41.6 Å². The van der Waals surface area contributed by atoms with E-state index in [1.807, 2.05) is 40.8 Å². The molecule has 3 rings (SSSR count). The van der Waals surface area contributed by atoms with Crippen molar-refractivity contribution in [2.75, 3.05) is 40.8 Å². The van der Waals surface area contributed by atoms with Gasteiger partial charge in [0, 0.05) is 35.5 Å². The minimum Gasteiger partial charge on any atom is -0.480 e. The van der Waals surface area contributed by atoms with Gasteiger partial charge in [0.25, 0.3) is 6.73 Å². The molecule has 0 amide bonds. The number of aromatic nitrogens is 1. The second-order valence-corrected chi connectivity index (χ2v) is 8.93. The molecule has 1 heterocycles. The van der Waals surface area contributed by atoms with E-state index in [1.54, 1.807) is 43.5 Å². The molecule has 1 saturated carbocycles. The Hall–Kier alpha value is -2.36. The van der Waals surface area contributed by atoms with Crippen LogP contribution >= 0.6 is 23.2 Å². The van der Waals surface area contributed by atoms with Crippen molar-refractivity contribution in [2.24, 2.45) is 0 Å². The van der Waals surface area contributed by atoms with Crippen LogP contribution in [0, 0.1) is 0 Å². The Balaban J connectivity index is 0.000000623. The summed E-state index contributed by atoms with van der Waals surface area (Å²) in [5.41, 5.74) is 0.724. The molecule has 1 aromatic heterocycles. The molecule has 1 aromatic carbocycles. The first-order valence-electron chi connectivity index (χ1n) is 11.5. The minimum absolute atomic E-state index is 0.111.